The molecule has 0 N–H and O–H groups in total. The van der Waals surface area contributed by atoms with Gasteiger partial charge in [-0.1, -0.05) is 5.16 Å². The van der Waals surface area contributed by atoms with E-state index in [2.05, 4.69) is 10.1 Å². The summed E-state index contributed by atoms with van der Waals surface area (Å²) in [5, 5.41) is 3.80. The van der Waals surface area contributed by atoms with Gasteiger partial charge in [-0.3, -0.25) is 0 Å². The van der Waals surface area contributed by atoms with Crippen molar-refractivity contribution in [3.05, 3.63) is 23.3 Å². The van der Waals surface area contributed by atoms with Crippen LogP contribution < -0.4 is 0 Å². The van der Waals surface area contributed by atoms with E-state index in [0.29, 0.717) is 23.8 Å². The summed E-state index contributed by atoms with van der Waals surface area (Å²) < 4.78 is 20.2. The average molecular weight is 266 g/mol. The fourth-order valence-electron chi connectivity index (χ4n) is 1.52. The van der Waals surface area contributed by atoms with E-state index in [1.54, 1.807) is 27.0 Å². The summed E-state index contributed by atoms with van der Waals surface area (Å²) in [7, 11) is 1.55. The molecular weight excluding hydrogens is 252 g/mol. The molecule has 0 radical (unpaired) electrons. The Bertz CT molecular complexity index is 572. The van der Waals surface area contributed by atoms with Crippen molar-refractivity contribution >= 4 is 5.97 Å². The van der Waals surface area contributed by atoms with Gasteiger partial charge in [0.2, 0.25) is 11.7 Å². The summed E-state index contributed by atoms with van der Waals surface area (Å²) in [4.78, 5) is 15.7. The summed E-state index contributed by atoms with van der Waals surface area (Å²) in [5.41, 5.74) is 0.857. The predicted molar refractivity (Wildman–Crippen MR) is 63.4 cm³/mol. The van der Waals surface area contributed by atoms with Crippen LogP contribution in [0.25, 0.3) is 11.6 Å². The molecule has 7 nitrogen and oxygen atoms in total. The number of nitrogens with zero attached hydrogens (tertiary/aromatic N) is 2. The molecule has 0 fully saturated rings. The number of aromatic nitrogens is 2. The monoisotopic (exact) mass is 266 g/mol. The molecular formula is C12H14N2O5. The molecule has 0 aliphatic rings. The van der Waals surface area contributed by atoms with Crippen LogP contribution in [0.1, 0.15) is 28.9 Å². The average Bonchev–Trinajstić information content (AvgIpc) is 2.96. The Morgan fingerprint density at radius 1 is 1.47 bits per heavy atom. The molecule has 0 atom stereocenters. The lowest BCUT2D eigenvalue weighted by atomic mass is 10.3. The highest BCUT2D eigenvalue weighted by Gasteiger charge is 2.21. The Balaban J connectivity index is 2.25. The van der Waals surface area contributed by atoms with E-state index in [-0.39, 0.29) is 18.3 Å². The maximum Gasteiger partial charge on any atom is 0.376 e. The Labute approximate surface area is 109 Å². The number of ether oxygens (including phenoxy) is 2. The summed E-state index contributed by atoms with van der Waals surface area (Å²) in [5.74, 6) is 0.296. The number of oxazole rings is 1. The second-order valence-corrected chi connectivity index (χ2v) is 3.77. The molecule has 2 rings (SSSR count). The highest BCUT2D eigenvalue weighted by Crippen LogP contribution is 2.22. The zero-order valence-electron chi connectivity index (χ0n) is 10.9. The number of esters is 1. The van der Waals surface area contributed by atoms with E-state index in [0.717, 1.165) is 0 Å². The van der Waals surface area contributed by atoms with Gasteiger partial charge in [-0.25, -0.2) is 9.78 Å². The van der Waals surface area contributed by atoms with Crippen LogP contribution in [0.2, 0.25) is 0 Å². The van der Waals surface area contributed by atoms with Gasteiger partial charge < -0.3 is 18.4 Å². The first kappa shape index (κ1) is 13.3. The third-order valence-corrected chi connectivity index (χ3v) is 2.32. The van der Waals surface area contributed by atoms with Gasteiger partial charge in [-0.2, -0.15) is 0 Å². The molecule has 0 amide bonds. The lowest BCUT2D eigenvalue weighted by molar-refractivity contribution is 0.0490. The van der Waals surface area contributed by atoms with Crippen LogP contribution in [0.3, 0.4) is 0 Å². The number of hydrogen-bond acceptors (Lipinski definition) is 7. The molecule has 2 aromatic rings. The zero-order chi connectivity index (χ0) is 13.8. The van der Waals surface area contributed by atoms with Crippen LogP contribution >= 0.6 is 0 Å². The number of aryl methyl sites for hydroxylation is 1. The SMILES string of the molecule is CCOC(=O)c1oc(-c2cc(COC)on2)nc1C. The number of hydrogen-bond donors (Lipinski definition) is 0. The van der Waals surface area contributed by atoms with Gasteiger partial charge in [-0.05, 0) is 13.8 Å². The van der Waals surface area contributed by atoms with E-state index in [4.69, 9.17) is 18.4 Å². The van der Waals surface area contributed by atoms with Crippen LogP contribution in [0.15, 0.2) is 15.0 Å². The van der Waals surface area contributed by atoms with Crippen molar-refractivity contribution in [3.63, 3.8) is 0 Å². The molecule has 0 saturated carbocycles. The molecule has 0 bridgehead atoms. The Morgan fingerprint density at radius 2 is 2.26 bits per heavy atom. The fourth-order valence-corrected chi connectivity index (χ4v) is 1.52. The normalized spacial score (nSPS) is 10.7. The topological polar surface area (TPSA) is 87.6 Å². The van der Waals surface area contributed by atoms with Crippen LogP contribution in [-0.4, -0.2) is 29.8 Å². The van der Waals surface area contributed by atoms with Crippen LogP contribution in [-0.2, 0) is 16.1 Å². The summed E-state index contributed by atoms with van der Waals surface area (Å²) in [6.45, 7) is 3.96. The smallest absolute Gasteiger partial charge is 0.376 e. The minimum absolute atomic E-state index is 0.0770. The summed E-state index contributed by atoms with van der Waals surface area (Å²) >= 11 is 0. The molecule has 0 saturated heterocycles. The van der Waals surface area contributed by atoms with Crippen LogP contribution in [0.4, 0.5) is 0 Å². The molecule has 2 heterocycles. The third kappa shape index (κ3) is 2.82. The van der Waals surface area contributed by atoms with Crippen molar-refractivity contribution in [3.8, 4) is 11.6 Å². The van der Waals surface area contributed by atoms with Gasteiger partial charge in [0.05, 0.1) is 12.3 Å². The van der Waals surface area contributed by atoms with Gasteiger partial charge in [0.25, 0.3) is 0 Å². The maximum absolute atomic E-state index is 11.6. The highest BCUT2D eigenvalue weighted by molar-refractivity contribution is 5.87. The maximum atomic E-state index is 11.6. The van der Waals surface area contributed by atoms with Gasteiger partial charge >= 0.3 is 5.97 Å². The quantitative estimate of drug-likeness (QED) is 0.764. The minimum Gasteiger partial charge on any atom is -0.460 e. The molecule has 0 aliphatic heterocycles. The molecule has 19 heavy (non-hydrogen) atoms. The Morgan fingerprint density at radius 3 is 2.95 bits per heavy atom. The van der Waals surface area contributed by atoms with Crippen molar-refractivity contribution in [1.82, 2.24) is 10.1 Å². The van der Waals surface area contributed by atoms with Crippen molar-refractivity contribution < 1.29 is 23.2 Å². The van der Waals surface area contributed by atoms with Crippen LogP contribution in [0, 0.1) is 6.92 Å². The minimum atomic E-state index is -0.542. The zero-order valence-corrected chi connectivity index (χ0v) is 10.9. The van der Waals surface area contributed by atoms with E-state index in [1.807, 2.05) is 0 Å². The van der Waals surface area contributed by atoms with Gasteiger partial charge in [0.15, 0.2) is 11.5 Å². The standard InChI is InChI=1S/C12H14N2O5/c1-4-17-12(15)10-7(2)13-11(18-10)9-5-8(6-16-3)19-14-9/h5H,4,6H2,1-3H3. The van der Waals surface area contributed by atoms with E-state index in [9.17, 15) is 4.79 Å². The third-order valence-electron chi connectivity index (χ3n) is 2.32. The number of carbonyl (C=O) groups is 1. The highest BCUT2D eigenvalue weighted by atomic mass is 16.5. The molecule has 102 valence electrons. The lowest BCUT2D eigenvalue weighted by Gasteiger charge is -1.96. The van der Waals surface area contributed by atoms with Crippen molar-refractivity contribution in [2.75, 3.05) is 13.7 Å². The number of methoxy groups -OCH3 is 1. The molecule has 0 unspecified atom stereocenters. The lowest BCUT2D eigenvalue weighted by Crippen LogP contribution is -2.04. The van der Waals surface area contributed by atoms with E-state index in [1.165, 1.54) is 0 Å². The van der Waals surface area contributed by atoms with E-state index < -0.39 is 5.97 Å². The van der Waals surface area contributed by atoms with Crippen molar-refractivity contribution in [2.45, 2.75) is 20.5 Å². The largest absolute Gasteiger partial charge is 0.460 e. The second kappa shape index (κ2) is 5.66. The number of rotatable bonds is 5. The molecule has 2 aromatic heterocycles. The molecule has 0 aliphatic carbocycles. The van der Waals surface area contributed by atoms with Gasteiger partial charge in [0.1, 0.15) is 6.61 Å². The van der Waals surface area contributed by atoms with Crippen molar-refractivity contribution in [2.24, 2.45) is 0 Å². The number of carbonyl (C=O) groups excluding carboxylic acids is 1. The molecule has 0 aromatic carbocycles. The molecule has 0 spiro atoms. The summed E-state index contributed by atoms with van der Waals surface area (Å²) in [6.07, 6.45) is 0. The fraction of sp³-hybridized carbons (Fsp3) is 0.417. The first-order chi connectivity index (χ1) is 9.15. The molecule has 7 heteroatoms. The Kier molecular flexibility index (Phi) is 3.96. The first-order valence-corrected chi connectivity index (χ1v) is 5.75. The Hall–Kier alpha value is -2.15. The van der Waals surface area contributed by atoms with Gasteiger partial charge in [0, 0.05) is 13.2 Å². The first-order valence-electron chi connectivity index (χ1n) is 5.75. The summed E-state index contributed by atoms with van der Waals surface area (Å²) in [6, 6.07) is 1.64. The van der Waals surface area contributed by atoms with E-state index >= 15 is 0 Å². The predicted octanol–water partition coefficient (Wildman–Crippen LogP) is 1.96. The second-order valence-electron chi connectivity index (χ2n) is 3.77. The van der Waals surface area contributed by atoms with Gasteiger partial charge in [-0.15, -0.1) is 0 Å². The van der Waals surface area contributed by atoms with Crippen molar-refractivity contribution in [1.29, 1.82) is 0 Å². The van der Waals surface area contributed by atoms with Crippen LogP contribution in [0.5, 0.6) is 0 Å².